The third-order valence-electron chi connectivity index (χ3n) is 7.38. The zero-order valence-electron chi connectivity index (χ0n) is 21.4. The average Bonchev–Trinajstić information content (AvgIpc) is 3.41. The third kappa shape index (κ3) is 5.14. The lowest BCUT2D eigenvalue weighted by Gasteiger charge is -2.42. The van der Waals surface area contributed by atoms with Gasteiger partial charge in [0.25, 0.3) is 11.6 Å². The van der Waals surface area contributed by atoms with Crippen molar-refractivity contribution in [1.82, 2.24) is 14.7 Å². The molecule has 0 spiro atoms. The molecule has 2 aliphatic heterocycles. The van der Waals surface area contributed by atoms with Crippen molar-refractivity contribution < 1.29 is 19.2 Å². The topological polar surface area (TPSA) is 96.2 Å². The Balaban J connectivity index is 1.27. The molecule has 1 aromatic heterocycles. The van der Waals surface area contributed by atoms with Gasteiger partial charge in [-0.15, -0.1) is 11.3 Å². The van der Waals surface area contributed by atoms with Crippen molar-refractivity contribution in [1.29, 1.82) is 0 Å². The molecule has 2 amide bonds. The summed E-state index contributed by atoms with van der Waals surface area (Å²) in [6.45, 7) is 4.21. The van der Waals surface area contributed by atoms with Gasteiger partial charge in [0.05, 0.1) is 24.6 Å². The molecule has 0 radical (unpaired) electrons. The van der Waals surface area contributed by atoms with Gasteiger partial charge in [-0.05, 0) is 54.1 Å². The maximum Gasteiger partial charge on any atom is 0.270 e. The normalized spacial score (nSPS) is 19.6. The summed E-state index contributed by atoms with van der Waals surface area (Å²) in [7, 11) is 1.65. The third-order valence-corrected chi connectivity index (χ3v) is 8.38. The van der Waals surface area contributed by atoms with Gasteiger partial charge in [-0.3, -0.25) is 24.6 Å². The van der Waals surface area contributed by atoms with Gasteiger partial charge in [0.1, 0.15) is 5.75 Å². The van der Waals surface area contributed by atoms with Crippen molar-refractivity contribution in [3.63, 3.8) is 0 Å². The van der Waals surface area contributed by atoms with Crippen LogP contribution >= 0.6 is 11.3 Å². The summed E-state index contributed by atoms with van der Waals surface area (Å²) in [5.74, 6) is 0.578. The maximum atomic E-state index is 13.5. The largest absolute Gasteiger partial charge is 0.497 e. The van der Waals surface area contributed by atoms with Crippen molar-refractivity contribution >= 4 is 28.8 Å². The van der Waals surface area contributed by atoms with Gasteiger partial charge < -0.3 is 14.5 Å². The van der Waals surface area contributed by atoms with E-state index in [1.165, 1.54) is 28.6 Å². The van der Waals surface area contributed by atoms with Crippen LogP contribution in [-0.2, 0) is 11.2 Å². The van der Waals surface area contributed by atoms with Crippen LogP contribution in [0.25, 0.3) is 0 Å². The molecule has 2 atom stereocenters. The van der Waals surface area contributed by atoms with Crippen LogP contribution in [0.5, 0.6) is 5.75 Å². The summed E-state index contributed by atoms with van der Waals surface area (Å²) < 4.78 is 5.33. The van der Waals surface area contributed by atoms with Gasteiger partial charge >= 0.3 is 0 Å². The van der Waals surface area contributed by atoms with Crippen molar-refractivity contribution in [2.45, 2.75) is 25.4 Å². The molecule has 198 valence electrons. The van der Waals surface area contributed by atoms with Crippen LogP contribution in [0, 0.1) is 10.1 Å². The molecule has 38 heavy (non-hydrogen) atoms. The Bertz CT molecular complexity index is 1340. The zero-order chi connectivity index (χ0) is 26.8. The number of non-ortho nitro benzene ring substituents is 1. The van der Waals surface area contributed by atoms with Crippen LogP contribution in [0.1, 0.15) is 39.3 Å². The van der Waals surface area contributed by atoms with E-state index in [1.807, 2.05) is 24.0 Å². The first-order valence-electron chi connectivity index (χ1n) is 12.6. The summed E-state index contributed by atoms with van der Waals surface area (Å²) in [4.78, 5) is 44.3. The van der Waals surface area contributed by atoms with Crippen LogP contribution in [0.4, 0.5) is 5.69 Å². The first-order valence-corrected chi connectivity index (χ1v) is 13.5. The lowest BCUT2D eigenvalue weighted by molar-refractivity contribution is -0.384. The number of thiophene rings is 1. The van der Waals surface area contributed by atoms with Crippen LogP contribution in [0.15, 0.2) is 60.0 Å². The molecular formula is C28H30N4O5S. The van der Waals surface area contributed by atoms with E-state index < -0.39 is 4.92 Å². The number of nitro groups is 1. The highest BCUT2D eigenvalue weighted by molar-refractivity contribution is 7.10. The molecule has 0 saturated carbocycles. The molecule has 3 heterocycles. The number of nitro benzene ring substituents is 1. The minimum atomic E-state index is -0.504. The number of piperazine rings is 1. The van der Waals surface area contributed by atoms with Crippen molar-refractivity contribution in [3.05, 3.63) is 91.7 Å². The van der Waals surface area contributed by atoms with Gasteiger partial charge in [0, 0.05) is 54.8 Å². The van der Waals surface area contributed by atoms with Crippen LogP contribution < -0.4 is 4.74 Å². The first-order chi connectivity index (χ1) is 18.4. The molecule has 10 heteroatoms. The number of hydrogen-bond donors (Lipinski definition) is 0. The first kappa shape index (κ1) is 25.9. The highest BCUT2D eigenvalue weighted by Gasteiger charge is 2.35. The zero-order valence-corrected chi connectivity index (χ0v) is 22.2. The van der Waals surface area contributed by atoms with Crippen LogP contribution in [0.2, 0.25) is 0 Å². The van der Waals surface area contributed by atoms with Crippen LogP contribution in [0.3, 0.4) is 0 Å². The smallest absolute Gasteiger partial charge is 0.270 e. The van der Waals surface area contributed by atoms with E-state index in [0.717, 1.165) is 24.3 Å². The molecule has 0 N–H and O–H groups in total. The van der Waals surface area contributed by atoms with E-state index in [9.17, 15) is 19.7 Å². The predicted octanol–water partition coefficient (Wildman–Crippen LogP) is 3.99. The molecule has 2 aromatic carbocycles. The Morgan fingerprint density at radius 2 is 1.89 bits per heavy atom. The summed E-state index contributed by atoms with van der Waals surface area (Å²) in [6.07, 6.45) is 0.912. The summed E-state index contributed by atoms with van der Waals surface area (Å²) >= 11 is 1.76. The van der Waals surface area contributed by atoms with Gasteiger partial charge in [-0.2, -0.15) is 0 Å². The number of hydrogen-bond acceptors (Lipinski definition) is 7. The Morgan fingerprint density at radius 3 is 2.61 bits per heavy atom. The number of ether oxygens (including phenoxy) is 1. The number of benzene rings is 2. The number of fused-ring (bicyclic) bond motifs is 1. The van der Waals surface area contributed by atoms with E-state index in [2.05, 4.69) is 28.5 Å². The standard InChI is InChI=1S/C28H30N4O5S/c1-19-17-29(13-14-31(19)28(34)21-4-3-5-22(16-21)32(35)36)26(33)18-30-12-10-25-24(11-15-38-25)27(30)20-6-8-23(37-2)9-7-20/h3-9,11,15-16,19,27H,10,12-14,17-18H2,1-2H3/t19-,27-/m1/s1. The molecule has 1 saturated heterocycles. The highest BCUT2D eigenvalue weighted by atomic mass is 32.1. The van der Waals surface area contributed by atoms with Gasteiger partial charge in [-0.1, -0.05) is 18.2 Å². The number of rotatable bonds is 6. The summed E-state index contributed by atoms with van der Waals surface area (Å²) in [5, 5.41) is 13.2. The lowest BCUT2D eigenvalue weighted by Crippen LogP contribution is -2.57. The Morgan fingerprint density at radius 1 is 1.11 bits per heavy atom. The molecule has 0 unspecified atom stereocenters. The van der Waals surface area contributed by atoms with E-state index in [4.69, 9.17) is 4.74 Å². The van der Waals surface area contributed by atoms with Gasteiger partial charge in [0.15, 0.2) is 0 Å². The Labute approximate surface area is 225 Å². The minimum Gasteiger partial charge on any atom is -0.497 e. The minimum absolute atomic E-state index is 0.00554. The summed E-state index contributed by atoms with van der Waals surface area (Å²) in [6, 6.07) is 15.8. The van der Waals surface area contributed by atoms with E-state index in [-0.39, 0.29) is 41.7 Å². The SMILES string of the molecule is COc1ccc([C@@H]2c3ccsc3CCN2CC(=O)N2CCN(C(=O)c3cccc([N+](=O)[O-])c3)[C@H](C)C2)cc1. The van der Waals surface area contributed by atoms with Gasteiger partial charge in [0.2, 0.25) is 5.91 Å². The maximum absolute atomic E-state index is 13.5. The summed E-state index contributed by atoms with van der Waals surface area (Å²) in [5.41, 5.74) is 2.55. The number of nitrogens with zero attached hydrogens (tertiary/aromatic N) is 4. The fourth-order valence-corrected chi connectivity index (χ4v) is 6.30. The molecule has 0 aliphatic carbocycles. The predicted molar refractivity (Wildman–Crippen MR) is 145 cm³/mol. The van der Waals surface area contributed by atoms with Gasteiger partial charge in [-0.25, -0.2) is 0 Å². The van der Waals surface area contributed by atoms with Crippen molar-refractivity contribution in [2.75, 3.05) is 39.8 Å². The fraction of sp³-hybridized carbons (Fsp3) is 0.357. The molecule has 1 fully saturated rings. The monoisotopic (exact) mass is 534 g/mol. The van der Waals surface area contributed by atoms with Crippen molar-refractivity contribution in [2.24, 2.45) is 0 Å². The average molecular weight is 535 g/mol. The van der Waals surface area contributed by atoms with E-state index in [1.54, 1.807) is 29.4 Å². The van der Waals surface area contributed by atoms with E-state index in [0.29, 0.717) is 19.6 Å². The molecule has 3 aromatic rings. The Kier molecular flexibility index (Phi) is 7.44. The number of carbonyl (C=O) groups excluding carboxylic acids is 2. The fourth-order valence-electron chi connectivity index (χ4n) is 5.39. The second-order valence-corrected chi connectivity index (χ2v) is 10.7. The highest BCUT2D eigenvalue weighted by Crippen LogP contribution is 2.38. The lowest BCUT2D eigenvalue weighted by atomic mass is 9.93. The number of amides is 2. The molecular weight excluding hydrogens is 504 g/mol. The molecule has 5 rings (SSSR count). The van der Waals surface area contributed by atoms with Crippen molar-refractivity contribution in [3.8, 4) is 5.75 Å². The quantitative estimate of drug-likeness (QED) is 0.351. The molecule has 0 bridgehead atoms. The molecule has 2 aliphatic rings. The number of carbonyl (C=O) groups is 2. The number of methoxy groups -OCH3 is 1. The van der Waals surface area contributed by atoms with Crippen LogP contribution in [-0.4, -0.2) is 77.3 Å². The Hall–Kier alpha value is -3.76. The second kappa shape index (κ2) is 10.9. The second-order valence-electron chi connectivity index (χ2n) is 9.69. The molecule has 9 nitrogen and oxygen atoms in total. The van der Waals surface area contributed by atoms with E-state index >= 15 is 0 Å².